The van der Waals surface area contributed by atoms with Crippen LogP contribution >= 0.6 is 0 Å². The number of carboxylic acid groups (broad SMARTS) is 1. The molecule has 2 amide bonds. The van der Waals surface area contributed by atoms with Crippen molar-refractivity contribution in [3.05, 3.63) is 83.2 Å². The Morgan fingerprint density at radius 2 is 1.97 bits per heavy atom. The van der Waals surface area contributed by atoms with Crippen LogP contribution < -0.4 is 5.32 Å². The fourth-order valence-electron chi connectivity index (χ4n) is 5.29. The molecule has 0 bridgehead atoms. The lowest BCUT2D eigenvalue weighted by molar-refractivity contribution is -0.123. The van der Waals surface area contributed by atoms with E-state index in [4.69, 9.17) is 9.90 Å². The molecule has 1 fully saturated rings. The Bertz CT molecular complexity index is 1490. The number of aromatic nitrogens is 5. The average Bonchev–Trinajstić information content (AvgIpc) is 3.55. The molecule has 2 atom stereocenters. The maximum atomic E-state index is 13.8. The smallest absolute Gasteiger partial charge is 0.294 e. The van der Waals surface area contributed by atoms with Gasteiger partial charge in [0, 0.05) is 36.0 Å². The summed E-state index contributed by atoms with van der Waals surface area (Å²) in [5.74, 6) is 0.00452. The van der Waals surface area contributed by atoms with Gasteiger partial charge in [-0.1, -0.05) is 24.3 Å². The van der Waals surface area contributed by atoms with Crippen molar-refractivity contribution in [3.63, 3.8) is 0 Å². The third kappa shape index (κ3) is 3.47. The molecule has 3 aromatic heterocycles. The average molecular weight is 486 g/mol. The summed E-state index contributed by atoms with van der Waals surface area (Å²) < 4.78 is 1.57. The summed E-state index contributed by atoms with van der Waals surface area (Å²) in [5.41, 5.74) is 3.22. The summed E-state index contributed by atoms with van der Waals surface area (Å²) in [6.07, 6.45) is 3.89. The zero-order valence-corrected chi connectivity index (χ0v) is 19.6. The minimum Gasteiger partial charge on any atom is -0.483 e. The van der Waals surface area contributed by atoms with Gasteiger partial charge in [-0.2, -0.15) is 4.98 Å². The predicted molar refractivity (Wildman–Crippen MR) is 128 cm³/mol. The van der Waals surface area contributed by atoms with Gasteiger partial charge in [0.05, 0.1) is 6.04 Å². The van der Waals surface area contributed by atoms with E-state index in [1.807, 2.05) is 56.3 Å². The van der Waals surface area contributed by atoms with Crippen molar-refractivity contribution >= 4 is 29.8 Å². The molecule has 1 saturated heterocycles. The second-order valence-corrected chi connectivity index (χ2v) is 8.70. The molecule has 0 aliphatic carbocycles. The number of rotatable bonds is 2. The summed E-state index contributed by atoms with van der Waals surface area (Å²) in [6.45, 7) is 3.91. The molecule has 2 aliphatic rings. The molecule has 5 heterocycles. The number of nitrogens with zero attached hydrogens (tertiary/aromatic N) is 6. The summed E-state index contributed by atoms with van der Waals surface area (Å²) in [5, 5.41) is 14.4. The molecule has 36 heavy (non-hydrogen) atoms. The first kappa shape index (κ1) is 23.1. The highest BCUT2D eigenvalue weighted by molar-refractivity contribution is 6.08. The van der Waals surface area contributed by atoms with Crippen LogP contribution in [0.4, 0.5) is 5.69 Å². The summed E-state index contributed by atoms with van der Waals surface area (Å²) in [7, 11) is 0. The van der Waals surface area contributed by atoms with Crippen LogP contribution in [0.15, 0.2) is 54.9 Å². The van der Waals surface area contributed by atoms with Crippen LogP contribution in [0.3, 0.4) is 0 Å². The molecule has 0 saturated carbocycles. The van der Waals surface area contributed by atoms with Crippen LogP contribution in [0.2, 0.25) is 0 Å². The molecular formula is C25H23N7O4. The minimum absolute atomic E-state index is 0.0637. The fraction of sp³-hybridized carbons (Fsp3) is 0.240. The van der Waals surface area contributed by atoms with Gasteiger partial charge in [-0.25, -0.2) is 9.50 Å². The number of carbonyl (C=O) groups excluding carboxylic acids is 2. The number of anilines is 1. The highest BCUT2D eigenvalue weighted by Crippen LogP contribution is 2.54. The first-order chi connectivity index (χ1) is 17.4. The number of pyridine rings is 1. The maximum Gasteiger partial charge on any atom is 0.294 e. The largest absolute Gasteiger partial charge is 0.483 e. The standard InChI is InChI=1S/C24H21N7O2.CH2O2/c1-14-12-15(2)31-23(26-14)28-20(29-31)21(32)30-11-9-24(19(30)16-6-5-10-25-13-16)17-7-3-4-8-18(17)27-22(24)33;2-1-3/h3-8,10,12-13,19H,9,11H2,1-2H3,(H,27,33);1H,(H,2,3). The van der Waals surface area contributed by atoms with Gasteiger partial charge in [0.1, 0.15) is 5.41 Å². The Kier molecular flexibility index (Phi) is 5.67. The van der Waals surface area contributed by atoms with Crippen molar-refractivity contribution < 1.29 is 19.5 Å². The molecule has 182 valence electrons. The predicted octanol–water partition coefficient (Wildman–Crippen LogP) is 2.31. The van der Waals surface area contributed by atoms with E-state index in [0.717, 1.165) is 28.2 Å². The summed E-state index contributed by atoms with van der Waals surface area (Å²) in [4.78, 5) is 50.4. The molecule has 1 spiro atoms. The van der Waals surface area contributed by atoms with Crippen LogP contribution in [0.1, 0.15) is 45.6 Å². The molecule has 2 N–H and O–H groups in total. The SMILES string of the molecule is Cc1cc(C)n2nc(C(=O)N3CCC4(C(=O)Nc5ccccc54)C3c3cccnc3)nc2n1.O=CO. The Labute approximate surface area is 205 Å². The van der Waals surface area contributed by atoms with Gasteiger partial charge in [0.25, 0.3) is 18.2 Å². The zero-order valence-electron chi connectivity index (χ0n) is 19.6. The molecule has 4 aromatic rings. The van der Waals surface area contributed by atoms with Crippen molar-refractivity contribution in [2.45, 2.75) is 31.7 Å². The molecule has 2 aliphatic heterocycles. The Morgan fingerprint density at radius 1 is 1.19 bits per heavy atom. The van der Waals surface area contributed by atoms with Crippen molar-refractivity contribution in [2.24, 2.45) is 0 Å². The highest BCUT2D eigenvalue weighted by atomic mass is 16.3. The quantitative estimate of drug-likeness (QED) is 0.412. The monoisotopic (exact) mass is 485 g/mol. The molecule has 0 radical (unpaired) electrons. The Morgan fingerprint density at radius 3 is 2.72 bits per heavy atom. The number of likely N-dealkylation sites (tertiary alicyclic amines) is 1. The lowest BCUT2D eigenvalue weighted by atomic mass is 9.73. The van der Waals surface area contributed by atoms with Crippen LogP contribution in [0.25, 0.3) is 5.78 Å². The minimum atomic E-state index is -0.904. The van der Waals surface area contributed by atoms with E-state index >= 15 is 0 Å². The normalized spacial score (nSPS) is 20.1. The number of nitrogens with one attached hydrogen (secondary N) is 1. The van der Waals surface area contributed by atoms with Gasteiger partial charge in [0.15, 0.2) is 0 Å². The number of hydrogen-bond donors (Lipinski definition) is 2. The topological polar surface area (TPSA) is 143 Å². The van der Waals surface area contributed by atoms with Gasteiger partial charge >= 0.3 is 0 Å². The van der Waals surface area contributed by atoms with Crippen molar-refractivity contribution in [2.75, 3.05) is 11.9 Å². The van der Waals surface area contributed by atoms with E-state index in [2.05, 4.69) is 25.4 Å². The van der Waals surface area contributed by atoms with Crippen LogP contribution in [-0.4, -0.2) is 59.4 Å². The van der Waals surface area contributed by atoms with Gasteiger partial charge in [-0.15, -0.1) is 5.10 Å². The molecule has 1 aromatic carbocycles. The zero-order chi connectivity index (χ0) is 25.4. The van der Waals surface area contributed by atoms with Gasteiger partial charge in [-0.3, -0.25) is 19.4 Å². The molecule has 11 heteroatoms. The highest BCUT2D eigenvalue weighted by Gasteiger charge is 2.59. The molecule has 2 unspecified atom stereocenters. The van der Waals surface area contributed by atoms with Crippen LogP contribution in [0.5, 0.6) is 0 Å². The third-order valence-electron chi connectivity index (χ3n) is 6.66. The van der Waals surface area contributed by atoms with Crippen LogP contribution in [0, 0.1) is 13.8 Å². The fourth-order valence-corrected chi connectivity index (χ4v) is 5.29. The van der Waals surface area contributed by atoms with Gasteiger partial charge in [-0.05, 0) is 49.6 Å². The van der Waals surface area contributed by atoms with Crippen LogP contribution in [-0.2, 0) is 15.0 Å². The molecule has 6 rings (SSSR count). The molecule has 11 nitrogen and oxygen atoms in total. The Hall–Kier alpha value is -4.67. The summed E-state index contributed by atoms with van der Waals surface area (Å²) in [6, 6.07) is 12.8. The van der Waals surface area contributed by atoms with Crippen molar-refractivity contribution in [1.82, 2.24) is 29.5 Å². The number of benzene rings is 1. The first-order valence-electron chi connectivity index (χ1n) is 11.3. The van der Waals surface area contributed by atoms with Crippen molar-refractivity contribution in [1.29, 1.82) is 0 Å². The van der Waals surface area contributed by atoms with E-state index < -0.39 is 11.5 Å². The number of fused-ring (bicyclic) bond motifs is 3. The van der Waals surface area contributed by atoms with Gasteiger partial charge < -0.3 is 15.3 Å². The van der Waals surface area contributed by atoms with Crippen molar-refractivity contribution in [3.8, 4) is 0 Å². The lowest BCUT2D eigenvalue weighted by Gasteiger charge is -2.33. The first-order valence-corrected chi connectivity index (χ1v) is 11.3. The third-order valence-corrected chi connectivity index (χ3v) is 6.66. The van der Waals surface area contributed by atoms with E-state index in [9.17, 15) is 9.59 Å². The number of para-hydroxylation sites is 1. The van der Waals surface area contributed by atoms with E-state index in [1.54, 1.807) is 21.8 Å². The van der Waals surface area contributed by atoms with Gasteiger partial charge in [0.2, 0.25) is 11.7 Å². The second-order valence-electron chi connectivity index (χ2n) is 8.70. The lowest BCUT2D eigenvalue weighted by Crippen LogP contribution is -2.43. The second kappa shape index (κ2) is 8.84. The maximum absolute atomic E-state index is 13.8. The Balaban J connectivity index is 0.000000848. The van der Waals surface area contributed by atoms with E-state index in [-0.39, 0.29) is 24.1 Å². The number of amides is 2. The number of carbonyl (C=O) groups is 3. The molecular weight excluding hydrogens is 462 g/mol. The summed E-state index contributed by atoms with van der Waals surface area (Å²) >= 11 is 0. The number of aryl methyl sites for hydroxylation is 2. The number of hydrogen-bond acceptors (Lipinski definition) is 7. The van der Waals surface area contributed by atoms with E-state index in [1.165, 1.54) is 0 Å². The van der Waals surface area contributed by atoms with E-state index in [0.29, 0.717) is 18.7 Å².